The molecule has 0 aliphatic carbocycles. The molecule has 6 heteroatoms. The fourth-order valence-electron chi connectivity index (χ4n) is 1.86. The minimum absolute atomic E-state index is 0.218. The number of hydrogen-bond acceptors (Lipinski definition) is 5. The minimum Gasteiger partial charge on any atom is -0.347 e. The van der Waals surface area contributed by atoms with Crippen LogP contribution >= 0.6 is 22.7 Å². The van der Waals surface area contributed by atoms with Crippen LogP contribution in [-0.2, 0) is 6.54 Å². The van der Waals surface area contributed by atoms with Crippen LogP contribution in [0.3, 0.4) is 0 Å². The minimum atomic E-state index is -0.218. The number of carbonyl (C=O) groups excluding carboxylic acids is 1. The number of thiazole rings is 2. The lowest BCUT2D eigenvalue weighted by molar-refractivity contribution is 0.0946. The average molecular weight is 325 g/mol. The van der Waals surface area contributed by atoms with Crippen molar-refractivity contribution in [2.24, 2.45) is 0 Å². The third kappa shape index (κ3) is 3.22. The van der Waals surface area contributed by atoms with Crippen molar-refractivity contribution in [3.8, 4) is 22.8 Å². The number of aromatic nitrogens is 2. The summed E-state index contributed by atoms with van der Waals surface area (Å²) < 4.78 is 0. The zero-order chi connectivity index (χ0) is 15.4. The van der Waals surface area contributed by atoms with Gasteiger partial charge in [-0.1, -0.05) is 24.3 Å². The number of amides is 1. The third-order valence-electron chi connectivity index (χ3n) is 2.98. The molecule has 108 valence electrons. The summed E-state index contributed by atoms with van der Waals surface area (Å²) in [7, 11) is 0. The number of rotatable bonds is 4. The van der Waals surface area contributed by atoms with E-state index >= 15 is 0 Å². The molecule has 4 nitrogen and oxygen atoms in total. The highest BCUT2D eigenvalue weighted by Crippen LogP contribution is 2.23. The lowest BCUT2D eigenvalue weighted by Gasteiger charge is -2.04. The van der Waals surface area contributed by atoms with Gasteiger partial charge in [-0.2, -0.15) is 0 Å². The van der Waals surface area contributed by atoms with Gasteiger partial charge in [0.05, 0.1) is 10.4 Å². The zero-order valence-corrected chi connectivity index (χ0v) is 13.1. The molecule has 0 spiro atoms. The number of benzene rings is 1. The summed E-state index contributed by atoms with van der Waals surface area (Å²) in [6.45, 7) is 0.449. The molecule has 3 rings (SSSR count). The van der Waals surface area contributed by atoms with E-state index < -0.39 is 0 Å². The summed E-state index contributed by atoms with van der Waals surface area (Å²) >= 11 is 2.88. The van der Waals surface area contributed by atoms with Crippen molar-refractivity contribution in [2.75, 3.05) is 0 Å². The van der Waals surface area contributed by atoms with Gasteiger partial charge in [0.15, 0.2) is 5.01 Å². The van der Waals surface area contributed by atoms with Crippen molar-refractivity contribution in [3.05, 3.63) is 57.6 Å². The molecule has 0 aliphatic heterocycles. The predicted molar refractivity (Wildman–Crippen MR) is 88.8 cm³/mol. The maximum absolute atomic E-state index is 12.0. The van der Waals surface area contributed by atoms with Gasteiger partial charge >= 0.3 is 0 Å². The van der Waals surface area contributed by atoms with Gasteiger partial charge in [0, 0.05) is 18.1 Å². The third-order valence-corrected chi connectivity index (χ3v) is 4.58. The van der Waals surface area contributed by atoms with E-state index in [1.54, 1.807) is 16.7 Å². The van der Waals surface area contributed by atoms with Gasteiger partial charge in [-0.3, -0.25) is 9.78 Å². The highest BCUT2D eigenvalue weighted by molar-refractivity contribution is 7.13. The van der Waals surface area contributed by atoms with Crippen molar-refractivity contribution in [3.63, 3.8) is 0 Å². The summed E-state index contributed by atoms with van der Waals surface area (Å²) in [6.07, 6.45) is 7.09. The first-order chi connectivity index (χ1) is 10.8. The van der Waals surface area contributed by atoms with Gasteiger partial charge < -0.3 is 5.32 Å². The van der Waals surface area contributed by atoms with Crippen LogP contribution in [0.25, 0.3) is 10.4 Å². The number of carbonyl (C=O) groups is 1. The lowest BCUT2D eigenvalue weighted by atomic mass is 10.1. The first-order valence-electron chi connectivity index (χ1n) is 6.44. The van der Waals surface area contributed by atoms with Crippen LogP contribution in [0.15, 0.2) is 41.4 Å². The molecule has 0 bridgehead atoms. The molecule has 3 aromatic rings. The topological polar surface area (TPSA) is 54.9 Å². The molecule has 0 saturated heterocycles. The molecule has 0 unspecified atom stereocenters. The van der Waals surface area contributed by atoms with Gasteiger partial charge in [0.25, 0.3) is 5.91 Å². The number of hydrogen-bond donors (Lipinski definition) is 1. The van der Waals surface area contributed by atoms with Crippen molar-refractivity contribution in [1.82, 2.24) is 15.3 Å². The first kappa shape index (κ1) is 14.4. The van der Waals surface area contributed by atoms with E-state index in [2.05, 4.69) is 21.2 Å². The summed E-state index contributed by atoms with van der Waals surface area (Å²) in [5.41, 5.74) is 4.31. The van der Waals surface area contributed by atoms with Crippen molar-refractivity contribution in [1.29, 1.82) is 0 Å². The quantitative estimate of drug-likeness (QED) is 0.750. The smallest absolute Gasteiger partial charge is 0.271 e. The molecule has 0 saturated carbocycles. The second kappa shape index (κ2) is 6.52. The van der Waals surface area contributed by atoms with Gasteiger partial charge in [0.1, 0.15) is 5.69 Å². The fraction of sp³-hybridized carbons (Fsp3) is 0.0625. The van der Waals surface area contributed by atoms with E-state index in [0.717, 1.165) is 16.0 Å². The van der Waals surface area contributed by atoms with E-state index in [-0.39, 0.29) is 5.91 Å². The van der Waals surface area contributed by atoms with Crippen molar-refractivity contribution < 1.29 is 4.79 Å². The van der Waals surface area contributed by atoms with Crippen LogP contribution in [0, 0.1) is 12.3 Å². The van der Waals surface area contributed by atoms with Crippen LogP contribution in [0.5, 0.6) is 0 Å². The first-order valence-corrected chi connectivity index (χ1v) is 8.20. The molecule has 0 fully saturated rings. The maximum Gasteiger partial charge on any atom is 0.271 e. The van der Waals surface area contributed by atoms with Crippen molar-refractivity contribution in [2.45, 2.75) is 6.54 Å². The van der Waals surface area contributed by atoms with Gasteiger partial charge in [0.2, 0.25) is 0 Å². The number of terminal acetylenes is 1. The monoisotopic (exact) mass is 325 g/mol. The Bertz CT molecular complexity index is 814. The number of nitrogens with zero attached hydrogens (tertiary/aromatic N) is 2. The predicted octanol–water partition coefficient (Wildman–Crippen LogP) is 3.18. The Kier molecular flexibility index (Phi) is 4.28. The Morgan fingerprint density at radius 1 is 1.27 bits per heavy atom. The molecular formula is C16H11N3OS2. The van der Waals surface area contributed by atoms with E-state index in [9.17, 15) is 4.79 Å². The van der Waals surface area contributed by atoms with E-state index in [0.29, 0.717) is 17.2 Å². The van der Waals surface area contributed by atoms with E-state index in [4.69, 9.17) is 6.42 Å². The summed E-state index contributed by atoms with van der Waals surface area (Å²) in [4.78, 5) is 21.2. The highest BCUT2D eigenvalue weighted by atomic mass is 32.1. The Morgan fingerprint density at radius 3 is 2.73 bits per heavy atom. The van der Waals surface area contributed by atoms with E-state index in [1.165, 1.54) is 11.3 Å². The van der Waals surface area contributed by atoms with Crippen LogP contribution in [0.2, 0.25) is 0 Å². The average Bonchev–Trinajstić information content (AvgIpc) is 3.24. The number of nitrogens with one attached hydrogen (secondary N) is 1. The Labute approximate surface area is 135 Å². The van der Waals surface area contributed by atoms with Crippen LogP contribution in [-0.4, -0.2) is 15.9 Å². The molecular weight excluding hydrogens is 314 g/mol. The molecule has 2 heterocycles. The normalized spacial score (nSPS) is 10.1. The summed E-state index contributed by atoms with van der Waals surface area (Å²) in [5, 5.41) is 5.01. The Balaban J connectivity index is 1.62. The van der Waals surface area contributed by atoms with Crippen LogP contribution in [0.4, 0.5) is 0 Å². The highest BCUT2D eigenvalue weighted by Gasteiger charge is 2.09. The maximum atomic E-state index is 12.0. The SMILES string of the molecule is C#Cc1nc(C(=O)NCc2ccc(-c3cncs3)cc2)cs1. The molecule has 2 aromatic heterocycles. The molecule has 0 atom stereocenters. The van der Waals surface area contributed by atoms with E-state index in [1.807, 2.05) is 36.0 Å². The van der Waals surface area contributed by atoms with Crippen LogP contribution < -0.4 is 5.32 Å². The second-order valence-corrected chi connectivity index (χ2v) is 6.17. The second-order valence-electron chi connectivity index (χ2n) is 4.43. The molecule has 1 aromatic carbocycles. The Hall–Kier alpha value is -2.49. The molecule has 1 amide bonds. The van der Waals surface area contributed by atoms with Crippen molar-refractivity contribution >= 4 is 28.6 Å². The largest absolute Gasteiger partial charge is 0.347 e. The lowest BCUT2D eigenvalue weighted by Crippen LogP contribution is -2.23. The molecule has 0 radical (unpaired) electrons. The zero-order valence-electron chi connectivity index (χ0n) is 11.4. The standard InChI is InChI=1S/C16H11N3OS2/c1-2-15-19-13(9-21-15)16(20)18-7-11-3-5-12(6-4-11)14-8-17-10-22-14/h1,3-6,8-10H,7H2,(H,18,20). The summed E-state index contributed by atoms with van der Waals surface area (Å²) in [5.74, 6) is 2.20. The summed E-state index contributed by atoms with van der Waals surface area (Å²) in [6, 6.07) is 8.02. The molecule has 22 heavy (non-hydrogen) atoms. The van der Waals surface area contributed by atoms with Gasteiger partial charge in [-0.15, -0.1) is 29.1 Å². The van der Waals surface area contributed by atoms with Gasteiger partial charge in [-0.25, -0.2) is 4.98 Å². The molecule has 1 N–H and O–H groups in total. The Morgan fingerprint density at radius 2 is 2.09 bits per heavy atom. The molecule has 0 aliphatic rings. The van der Waals surface area contributed by atoms with Crippen LogP contribution in [0.1, 0.15) is 21.1 Å². The van der Waals surface area contributed by atoms with Gasteiger partial charge in [-0.05, 0) is 17.0 Å². The fourth-order valence-corrected chi connectivity index (χ4v) is 3.09.